The molecule has 0 amide bonds. The van der Waals surface area contributed by atoms with E-state index in [9.17, 15) is 0 Å². The predicted octanol–water partition coefficient (Wildman–Crippen LogP) is 2.98. The molecule has 0 aliphatic carbocycles. The monoisotopic (exact) mass is 262 g/mol. The van der Waals surface area contributed by atoms with Crippen molar-refractivity contribution in [3.63, 3.8) is 0 Å². The van der Waals surface area contributed by atoms with Crippen molar-refractivity contribution in [1.82, 2.24) is 14.6 Å². The fourth-order valence-electron chi connectivity index (χ4n) is 1.99. The molecule has 2 N–H and O–H groups in total. The van der Waals surface area contributed by atoms with E-state index in [2.05, 4.69) is 22.1 Å². The number of hydrogen-bond donors (Lipinski definition) is 1. The maximum Gasteiger partial charge on any atom is 0.115 e. The Balaban J connectivity index is 0.000000121. The summed E-state index contributed by atoms with van der Waals surface area (Å²) in [5.41, 5.74) is 2.96. The van der Waals surface area contributed by atoms with Gasteiger partial charge in [0.05, 0.1) is 16.6 Å². The molecule has 0 radical (unpaired) electrons. The van der Waals surface area contributed by atoms with Gasteiger partial charge in [-0.25, -0.2) is 9.66 Å². The van der Waals surface area contributed by atoms with Crippen molar-refractivity contribution in [2.45, 2.75) is 0 Å². The van der Waals surface area contributed by atoms with Crippen molar-refractivity contribution in [3.05, 3.63) is 73.2 Å². The van der Waals surface area contributed by atoms with E-state index in [1.807, 2.05) is 54.7 Å². The lowest BCUT2D eigenvalue weighted by atomic mass is 10.2. The number of aromatic nitrogens is 3. The maximum absolute atomic E-state index is 5.53. The molecule has 0 bridgehead atoms. The van der Waals surface area contributed by atoms with Crippen molar-refractivity contribution < 1.29 is 0 Å². The molecule has 20 heavy (non-hydrogen) atoms. The number of nitrogen functional groups attached to an aromatic ring is 1. The highest BCUT2D eigenvalue weighted by Crippen LogP contribution is 2.08. The minimum absolute atomic E-state index is 0.935. The Morgan fingerprint density at radius 1 is 0.750 bits per heavy atom. The lowest BCUT2D eigenvalue weighted by Crippen LogP contribution is -2.04. The minimum Gasteiger partial charge on any atom is -0.338 e. The summed E-state index contributed by atoms with van der Waals surface area (Å²) >= 11 is 0. The van der Waals surface area contributed by atoms with Crippen molar-refractivity contribution >= 4 is 21.9 Å². The standard InChI is InChI=1S/C9H7N.C7H7N3/c1-2-6-9-8(4-1)5-3-7-10-9;8-10-5-9-6-3-1-2-4-7(6)10/h1-7H;1-5H,8H2. The lowest BCUT2D eigenvalue weighted by Gasteiger charge is -1.91. The molecule has 0 aliphatic heterocycles. The van der Waals surface area contributed by atoms with Gasteiger partial charge in [0.25, 0.3) is 0 Å². The van der Waals surface area contributed by atoms with Gasteiger partial charge in [-0.05, 0) is 24.3 Å². The number of pyridine rings is 1. The normalized spacial score (nSPS) is 10.2. The number of imidazole rings is 1. The summed E-state index contributed by atoms with van der Waals surface area (Å²) in [6.07, 6.45) is 3.41. The molecular formula is C16H14N4. The molecule has 0 aliphatic rings. The number of hydrogen-bond acceptors (Lipinski definition) is 3. The van der Waals surface area contributed by atoms with Gasteiger partial charge in [-0.2, -0.15) is 0 Å². The van der Waals surface area contributed by atoms with E-state index >= 15 is 0 Å². The van der Waals surface area contributed by atoms with Crippen LogP contribution in [0.2, 0.25) is 0 Å². The molecule has 2 heterocycles. The lowest BCUT2D eigenvalue weighted by molar-refractivity contribution is 1.04. The summed E-state index contributed by atoms with van der Waals surface area (Å²) in [5, 5.41) is 1.20. The SMILES string of the molecule is Nn1cnc2ccccc21.c1ccc2ncccc2c1. The highest BCUT2D eigenvalue weighted by molar-refractivity contribution is 5.77. The largest absolute Gasteiger partial charge is 0.338 e. The molecule has 0 saturated carbocycles. The van der Waals surface area contributed by atoms with Gasteiger partial charge in [-0.1, -0.05) is 36.4 Å². The van der Waals surface area contributed by atoms with Gasteiger partial charge < -0.3 is 5.84 Å². The van der Waals surface area contributed by atoms with Gasteiger partial charge in [0, 0.05) is 11.6 Å². The Morgan fingerprint density at radius 2 is 1.45 bits per heavy atom. The number of para-hydroxylation sites is 3. The second kappa shape index (κ2) is 5.40. The molecule has 0 fully saturated rings. The Labute approximate surface area is 116 Å². The fraction of sp³-hybridized carbons (Fsp3) is 0. The van der Waals surface area contributed by atoms with Crippen LogP contribution in [0.15, 0.2) is 73.2 Å². The third-order valence-corrected chi connectivity index (χ3v) is 2.99. The minimum atomic E-state index is 0.935. The van der Waals surface area contributed by atoms with Gasteiger partial charge in [0.2, 0.25) is 0 Å². The molecule has 0 atom stereocenters. The van der Waals surface area contributed by atoms with Crippen LogP contribution in [0.3, 0.4) is 0 Å². The van der Waals surface area contributed by atoms with Crippen LogP contribution in [0.4, 0.5) is 0 Å². The number of nitrogens with zero attached hydrogens (tertiary/aromatic N) is 3. The molecule has 4 aromatic rings. The molecule has 4 nitrogen and oxygen atoms in total. The Kier molecular flexibility index (Phi) is 3.29. The van der Waals surface area contributed by atoms with Crippen molar-refractivity contribution in [3.8, 4) is 0 Å². The molecular weight excluding hydrogens is 248 g/mol. The molecule has 0 saturated heterocycles. The summed E-state index contributed by atoms with van der Waals surface area (Å²) in [6, 6.07) is 19.8. The van der Waals surface area contributed by atoms with Crippen LogP contribution in [-0.4, -0.2) is 14.6 Å². The van der Waals surface area contributed by atoms with Crippen LogP contribution >= 0.6 is 0 Å². The van der Waals surface area contributed by atoms with Crippen molar-refractivity contribution in [2.24, 2.45) is 0 Å². The van der Waals surface area contributed by atoms with Gasteiger partial charge in [-0.15, -0.1) is 0 Å². The van der Waals surface area contributed by atoms with E-state index in [1.165, 1.54) is 10.1 Å². The second-order valence-corrected chi connectivity index (χ2v) is 4.34. The molecule has 98 valence electrons. The Hall–Kier alpha value is -2.88. The summed E-state index contributed by atoms with van der Waals surface area (Å²) < 4.78 is 1.51. The van der Waals surface area contributed by atoms with Gasteiger partial charge in [-0.3, -0.25) is 4.98 Å². The highest BCUT2D eigenvalue weighted by Gasteiger charge is 1.94. The molecule has 4 heteroatoms. The molecule has 0 spiro atoms. The molecule has 4 rings (SSSR count). The molecule has 2 aromatic heterocycles. The van der Waals surface area contributed by atoms with Crippen LogP contribution < -0.4 is 5.84 Å². The first-order chi connectivity index (χ1) is 9.84. The van der Waals surface area contributed by atoms with E-state index in [0.29, 0.717) is 0 Å². The number of nitrogens with two attached hydrogens (primary N) is 1. The average Bonchev–Trinajstić information content (AvgIpc) is 2.90. The van der Waals surface area contributed by atoms with Crippen LogP contribution in [-0.2, 0) is 0 Å². The van der Waals surface area contributed by atoms with E-state index in [0.717, 1.165) is 16.6 Å². The van der Waals surface area contributed by atoms with Crippen molar-refractivity contribution in [2.75, 3.05) is 5.84 Å². The summed E-state index contributed by atoms with van der Waals surface area (Å²) in [5.74, 6) is 5.53. The summed E-state index contributed by atoms with van der Waals surface area (Å²) in [7, 11) is 0. The van der Waals surface area contributed by atoms with E-state index in [1.54, 1.807) is 6.33 Å². The summed E-state index contributed by atoms with van der Waals surface area (Å²) in [6.45, 7) is 0. The quantitative estimate of drug-likeness (QED) is 0.496. The zero-order valence-corrected chi connectivity index (χ0v) is 10.8. The third kappa shape index (κ3) is 2.44. The van der Waals surface area contributed by atoms with Gasteiger partial charge in [0.1, 0.15) is 6.33 Å². The predicted molar refractivity (Wildman–Crippen MR) is 81.6 cm³/mol. The topological polar surface area (TPSA) is 56.7 Å². The number of rotatable bonds is 0. The first kappa shape index (κ1) is 12.2. The van der Waals surface area contributed by atoms with Crippen molar-refractivity contribution in [1.29, 1.82) is 0 Å². The van der Waals surface area contributed by atoms with E-state index < -0.39 is 0 Å². The smallest absolute Gasteiger partial charge is 0.115 e. The zero-order valence-electron chi connectivity index (χ0n) is 10.8. The molecule has 2 aromatic carbocycles. The van der Waals surface area contributed by atoms with Gasteiger partial charge in [0.15, 0.2) is 0 Å². The first-order valence-electron chi connectivity index (χ1n) is 6.31. The summed E-state index contributed by atoms with van der Waals surface area (Å²) in [4.78, 5) is 8.24. The highest BCUT2D eigenvalue weighted by atomic mass is 15.3. The molecule has 0 unspecified atom stereocenters. The first-order valence-corrected chi connectivity index (χ1v) is 6.31. The average molecular weight is 262 g/mol. The third-order valence-electron chi connectivity index (χ3n) is 2.99. The Bertz CT molecular complexity index is 770. The maximum atomic E-state index is 5.53. The zero-order chi connectivity index (χ0) is 13.8. The van der Waals surface area contributed by atoms with Crippen LogP contribution in [0.25, 0.3) is 21.9 Å². The second-order valence-electron chi connectivity index (χ2n) is 4.34. The van der Waals surface area contributed by atoms with E-state index in [-0.39, 0.29) is 0 Å². The van der Waals surface area contributed by atoms with Crippen LogP contribution in [0.5, 0.6) is 0 Å². The van der Waals surface area contributed by atoms with Crippen LogP contribution in [0, 0.1) is 0 Å². The number of fused-ring (bicyclic) bond motifs is 2. The van der Waals surface area contributed by atoms with E-state index in [4.69, 9.17) is 5.84 Å². The number of benzene rings is 2. The Morgan fingerprint density at radius 3 is 2.25 bits per heavy atom. The fourth-order valence-corrected chi connectivity index (χ4v) is 1.99. The van der Waals surface area contributed by atoms with Crippen LogP contribution in [0.1, 0.15) is 0 Å². The van der Waals surface area contributed by atoms with Gasteiger partial charge >= 0.3 is 0 Å².